The summed E-state index contributed by atoms with van der Waals surface area (Å²) in [6.07, 6.45) is 72.0. The molecule has 0 spiro atoms. The number of allylic oxidation sites excluding steroid dienone is 24. The van der Waals surface area contributed by atoms with Crippen molar-refractivity contribution < 1.29 is 24.2 Å². The number of unbranched alkanes of at least 4 members (excludes halogenated alkanes) is 6. The molecule has 1 atom stereocenters. The Labute approximate surface area is 355 Å². The zero-order chi connectivity index (χ0) is 42.1. The number of hydrogen-bond donors (Lipinski definition) is 1. The summed E-state index contributed by atoms with van der Waals surface area (Å²) in [7, 11) is 0. The van der Waals surface area contributed by atoms with E-state index in [2.05, 4.69) is 160 Å². The van der Waals surface area contributed by atoms with Crippen LogP contribution in [-0.4, -0.2) is 36.4 Å². The van der Waals surface area contributed by atoms with Crippen LogP contribution in [0.2, 0.25) is 0 Å². The van der Waals surface area contributed by atoms with E-state index in [0.717, 1.165) is 122 Å². The summed E-state index contributed by atoms with van der Waals surface area (Å²) in [6, 6.07) is 0. The standard InChI is InChI=1S/C53H80O5/c1-3-5-7-9-11-13-15-17-19-21-23-25-26-28-30-32-34-36-38-40-42-44-46-48-53(56)58-51(49-54)50-57-52(55)47-45-43-41-39-37-35-33-31-29-27-24-22-20-18-16-14-12-10-8-6-4-2/h5-8,11-14,17-20,23-25,27-28,30-31,33-34,36,40,42,51,54H,3-4,9-10,15-16,21-22,26,29,32,35,37-39,41,43-50H2,1-2H3/b7-5-,8-6-,13-11-,14-12-,19-17-,20-18-,25-23-,27-24-,30-28-,33-31-,36-34-,42-40-. The van der Waals surface area contributed by atoms with Crippen molar-refractivity contribution in [3.63, 3.8) is 0 Å². The molecule has 0 saturated heterocycles. The second kappa shape index (κ2) is 47.2. The summed E-state index contributed by atoms with van der Waals surface area (Å²) >= 11 is 0. The van der Waals surface area contributed by atoms with Crippen LogP contribution in [0.15, 0.2) is 146 Å². The van der Waals surface area contributed by atoms with Crippen molar-refractivity contribution in [2.24, 2.45) is 0 Å². The van der Waals surface area contributed by atoms with Gasteiger partial charge in [-0.1, -0.05) is 179 Å². The quantitative estimate of drug-likeness (QED) is 0.0383. The van der Waals surface area contributed by atoms with E-state index in [0.29, 0.717) is 12.8 Å². The van der Waals surface area contributed by atoms with E-state index in [1.807, 2.05) is 0 Å². The number of rotatable bonds is 38. The van der Waals surface area contributed by atoms with E-state index in [1.54, 1.807) is 0 Å². The van der Waals surface area contributed by atoms with Crippen LogP contribution in [-0.2, 0) is 19.1 Å². The van der Waals surface area contributed by atoms with E-state index in [9.17, 15) is 14.7 Å². The van der Waals surface area contributed by atoms with Gasteiger partial charge in [0.15, 0.2) is 6.10 Å². The maximum Gasteiger partial charge on any atom is 0.306 e. The van der Waals surface area contributed by atoms with Crippen LogP contribution in [0, 0.1) is 0 Å². The Morgan fingerprint density at radius 1 is 0.397 bits per heavy atom. The minimum Gasteiger partial charge on any atom is -0.462 e. The van der Waals surface area contributed by atoms with Gasteiger partial charge in [-0.05, 0) is 109 Å². The molecule has 0 saturated carbocycles. The molecule has 1 unspecified atom stereocenters. The number of carbonyl (C=O) groups excluding carboxylic acids is 2. The molecule has 0 rings (SSSR count). The third-order valence-electron chi connectivity index (χ3n) is 8.63. The smallest absolute Gasteiger partial charge is 0.306 e. The third kappa shape index (κ3) is 44.5. The Balaban J connectivity index is 3.76. The van der Waals surface area contributed by atoms with E-state index in [4.69, 9.17) is 9.47 Å². The predicted molar refractivity (Wildman–Crippen MR) is 251 cm³/mol. The Hall–Kier alpha value is -4.22. The van der Waals surface area contributed by atoms with Gasteiger partial charge in [-0.15, -0.1) is 0 Å². The van der Waals surface area contributed by atoms with E-state index in [-0.39, 0.29) is 31.6 Å². The molecule has 5 heteroatoms. The fraction of sp³-hybridized carbons (Fsp3) is 0.509. The molecule has 0 aromatic heterocycles. The molecule has 0 aliphatic rings. The number of hydrogen-bond acceptors (Lipinski definition) is 5. The summed E-state index contributed by atoms with van der Waals surface area (Å²) in [4.78, 5) is 24.4. The lowest BCUT2D eigenvalue weighted by Crippen LogP contribution is -2.28. The first-order chi connectivity index (χ1) is 28.6. The lowest BCUT2D eigenvalue weighted by Gasteiger charge is -2.15. The SMILES string of the molecule is CC/C=C\C/C=C\C/C=C\C/C=C\C/C=C\C/C=C\C/C=C\CCCC(=O)OC(CO)COC(=O)CCCCCCC/C=C\C/C=C\C/C=C\C/C=C\C/C=C\CC. The molecule has 5 nitrogen and oxygen atoms in total. The molecule has 0 radical (unpaired) electrons. The summed E-state index contributed by atoms with van der Waals surface area (Å²) in [5.74, 6) is -0.699. The lowest BCUT2D eigenvalue weighted by molar-refractivity contribution is -0.161. The van der Waals surface area contributed by atoms with E-state index >= 15 is 0 Å². The third-order valence-corrected chi connectivity index (χ3v) is 8.63. The Morgan fingerprint density at radius 3 is 1.09 bits per heavy atom. The average molecular weight is 797 g/mol. The Kier molecular flexibility index (Phi) is 43.7. The fourth-order valence-corrected chi connectivity index (χ4v) is 5.33. The number of aliphatic hydroxyl groups is 1. The second-order valence-electron chi connectivity index (χ2n) is 14.0. The minimum atomic E-state index is -0.823. The topological polar surface area (TPSA) is 72.8 Å². The monoisotopic (exact) mass is 797 g/mol. The molecule has 0 aliphatic carbocycles. The molecule has 58 heavy (non-hydrogen) atoms. The lowest BCUT2D eigenvalue weighted by atomic mass is 10.1. The van der Waals surface area contributed by atoms with Gasteiger partial charge in [-0.3, -0.25) is 9.59 Å². The number of aliphatic hydroxyl groups excluding tert-OH is 1. The van der Waals surface area contributed by atoms with Crippen molar-refractivity contribution in [1.29, 1.82) is 0 Å². The van der Waals surface area contributed by atoms with Crippen LogP contribution >= 0.6 is 0 Å². The highest BCUT2D eigenvalue weighted by Gasteiger charge is 2.15. The summed E-state index contributed by atoms with van der Waals surface area (Å²) in [5.41, 5.74) is 0. The van der Waals surface area contributed by atoms with Gasteiger partial charge >= 0.3 is 11.9 Å². The van der Waals surface area contributed by atoms with Crippen molar-refractivity contribution in [3.05, 3.63) is 146 Å². The van der Waals surface area contributed by atoms with Crippen molar-refractivity contribution in [2.75, 3.05) is 13.2 Å². The zero-order valence-corrected chi connectivity index (χ0v) is 36.5. The van der Waals surface area contributed by atoms with Gasteiger partial charge in [-0.2, -0.15) is 0 Å². The molecule has 0 bridgehead atoms. The average Bonchev–Trinajstić information content (AvgIpc) is 3.23. The molecule has 0 amide bonds. The van der Waals surface area contributed by atoms with E-state index in [1.165, 1.54) is 0 Å². The van der Waals surface area contributed by atoms with Gasteiger partial charge in [0, 0.05) is 12.8 Å². The number of ether oxygens (including phenoxy) is 2. The Bertz CT molecular complexity index is 1310. The number of carbonyl (C=O) groups is 2. The maximum atomic E-state index is 12.2. The molecule has 0 aromatic rings. The van der Waals surface area contributed by atoms with E-state index < -0.39 is 6.10 Å². The predicted octanol–water partition coefficient (Wildman–Crippen LogP) is 14.7. The maximum absolute atomic E-state index is 12.2. The van der Waals surface area contributed by atoms with Crippen LogP contribution in [0.25, 0.3) is 0 Å². The minimum absolute atomic E-state index is 0.111. The van der Waals surface area contributed by atoms with Gasteiger partial charge in [-0.25, -0.2) is 0 Å². The first kappa shape index (κ1) is 53.8. The second-order valence-corrected chi connectivity index (χ2v) is 14.0. The molecule has 1 N–H and O–H groups in total. The van der Waals surface area contributed by atoms with Gasteiger partial charge < -0.3 is 14.6 Å². The molecule has 0 aliphatic heterocycles. The van der Waals surface area contributed by atoms with Crippen molar-refractivity contribution in [3.8, 4) is 0 Å². The summed E-state index contributed by atoms with van der Waals surface area (Å²) < 4.78 is 10.6. The van der Waals surface area contributed by atoms with Crippen LogP contribution in [0.5, 0.6) is 0 Å². The van der Waals surface area contributed by atoms with Gasteiger partial charge in [0.2, 0.25) is 0 Å². The fourth-order valence-electron chi connectivity index (χ4n) is 5.33. The first-order valence-electron chi connectivity index (χ1n) is 22.4. The van der Waals surface area contributed by atoms with Crippen molar-refractivity contribution >= 4 is 11.9 Å². The summed E-state index contributed by atoms with van der Waals surface area (Å²) in [6.45, 7) is 3.82. The van der Waals surface area contributed by atoms with Gasteiger partial charge in [0.05, 0.1) is 6.61 Å². The first-order valence-corrected chi connectivity index (χ1v) is 22.4. The van der Waals surface area contributed by atoms with Crippen LogP contribution in [0.4, 0.5) is 0 Å². The zero-order valence-electron chi connectivity index (χ0n) is 36.5. The molecular weight excluding hydrogens is 717 g/mol. The normalized spacial score (nSPS) is 13.6. The molecular formula is C53H80O5. The van der Waals surface area contributed by atoms with Crippen molar-refractivity contribution in [2.45, 2.75) is 161 Å². The number of esters is 2. The van der Waals surface area contributed by atoms with Gasteiger partial charge in [0.25, 0.3) is 0 Å². The largest absolute Gasteiger partial charge is 0.462 e. The van der Waals surface area contributed by atoms with Crippen LogP contribution in [0.3, 0.4) is 0 Å². The highest BCUT2D eigenvalue weighted by molar-refractivity contribution is 5.70. The molecule has 0 heterocycles. The van der Waals surface area contributed by atoms with Crippen molar-refractivity contribution in [1.82, 2.24) is 0 Å². The van der Waals surface area contributed by atoms with Crippen LogP contribution in [0.1, 0.15) is 155 Å². The molecule has 0 aromatic carbocycles. The Morgan fingerprint density at radius 2 is 0.707 bits per heavy atom. The highest BCUT2D eigenvalue weighted by Crippen LogP contribution is 2.10. The molecule has 322 valence electrons. The van der Waals surface area contributed by atoms with Gasteiger partial charge in [0.1, 0.15) is 6.61 Å². The molecule has 0 fully saturated rings. The van der Waals surface area contributed by atoms with Crippen LogP contribution < -0.4 is 0 Å². The summed E-state index contributed by atoms with van der Waals surface area (Å²) in [5, 5.41) is 9.59. The highest BCUT2D eigenvalue weighted by atomic mass is 16.6.